The lowest BCUT2D eigenvalue weighted by molar-refractivity contribution is 0.296. The maximum atomic E-state index is 13.7. The molecule has 3 rings (SSSR count). The lowest BCUT2D eigenvalue weighted by Gasteiger charge is -2.19. The Morgan fingerprint density at radius 3 is 3.05 bits per heavy atom. The lowest BCUT2D eigenvalue weighted by Crippen LogP contribution is -2.27. The van der Waals surface area contributed by atoms with Crippen molar-refractivity contribution in [1.82, 2.24) is 15.5 Å². The molecule has 1 N–H and O–H groups in total. The van der Waals surface area contributed by atoms with Gasteiger partial charge in [-0.05, 0) is 31.5 Å². The van der Waals surface area contributed by atoms with Gasteiger partial charge in [-0.3, -0.25) is 0 Å². The van der Waals surface area contributed by atoms with Crippen LogP contribution < -0.4 is 5.32 Å². The van der Waals surface area contributed by atoms with Crippen molar-refractivity contribution >= 4 is 11.6 Å². The van der Waals surface area contributed by atoms with Crippen LogP contribution in [0.25, 0.3) is 0 Å². The van der Waals surface area contributed by atoms with Gasteiger partial charge in [-0.2, -0.15) is 4.98 Å². The molecule has 2 heterocycles. The number of halogens is 2. The zero-order chi connectivity index (χ0) is 13.9. The molecule has 2 aromatic rings. The van der Waals surface area contributed by atoms with Crippen LogP contribution in [0, 0.1) is 5.82 Å². The Labute approximate surface area is 121 Å². The van der Waals surface area contributed by atoms with Gasteiger partial charge in [0.25, 0.3) is 0 Å². The molecule has 0 radical (unpaired) electrons. The number of rotatable bonds is 3. The van der Waals surface area contributed by atoms with E-state index in [0.717, 1.165) is 19.4 Å². The van der Waals surface area contributed by atoms with Crippen molar-refractivity contribution in [2.45, 2.75) is 31.7 Å². The average Bonchev–Trinajstić information content (AvgIpc) is 2.93. The van der Waals surface area contributed by atoms with Crippen molar-refractivity contribution in [3.8, 4) is 0 Å². The summed E-state index contributed by atoms with van der Waals surface area (Å²) in [7, 11) is 0. The van der Waals surface area contributed by atoms with Crippen molar-refractivity contribution < 1.29 is 8.91 Å². The molecule has 1 aromatic heterocycles. The van der Waals surface area contributed by atoms with Gasteiger partial charge in [-0.15, -0.1) is 0 Å². The van der Waals surface area contributed by atoms with Gasteiger partial charge in [0, 0.05) is 17.0 Å². The summed E-state index contributed by atoms with van der Waals surface area (Å²) in [5.74, 6) is 0.686. The predicted molar refractivity (Wildman–Crippen MR) is 73.1 cm³/mol. The summed E-state index contributed by atoms with van der Waals surface area (Å²) >= 11 is 6.00. The molecule has 4 nitrogen and oxygen atoms in total. The van der Waals surface area contributed by atoms with E-state index < -0.39 is 0 Å². The van der Waals surface area contributed by atoms with Gasteiger partial charge in [0.15, 0.2) is 5.82 Å². The van der Waals surface area contributed by atoms with Crippen LogP contribution in [0.3, 0.4) is 0 Å². The fourth-order valence-electron chi connectivity index (χ4n) is 2.40. The topological polar surface area (TPSA) is 51.0 Å². The molecular formula is C14H15ClFN3O. The van der Waals surface area contributed by atoms with E-state index in [1.165, 1.54) is 12.5 Å². The highest BCUT2D eigenvalue weighted by molar-refractivity contribution is 6.31. The van der Waals surface area contributed by atoms with Crippen LogP contribution in [0.15, 0.2) is 22.7 Å². The first-order valence-electron chi connectivity index (χ1n) is 6.73. The van der Waals surface area contributed by atoms with Crippen molar-refractivity contribution in [3.63, 3.8) is 0 Å². The minimum absolute atomic E-state index is 0.112. The molecule has 1 aliphatic rings. The summed E-state index contributed by atoms with van der Waals surface area (Å²) in [5.41, 5.74) is 0.401. The molecule has 1 saturated heterocycles. The molecule has 20 heavy (non-hydrogen) atoms. The number of piperidine rings is 1. The number of hydrogen-bond acceptors (Lipinski definition) is 4. The van der Waals surface area contributed by atoms with Crippen LogP contribution in [-0.4, -0.2) is 16.7 Å². The molecule has 0 aliphatic carbocycles. The highest BCUT2D eigenvalue weighted by Crippen LogP contribution is 2.24. The van der Waals surface area contributed by atoms with E-state index in [-0.39, 0.29) is 18.3 Å². The Bertz CT molecular complexity index is 576. The maximum absolute atomic E-state index is 13.7. The van der Waals surface area contributed by atoms with Gasteiger partial charge in [0.1, 0.15) is 5.82 Å². The number of hydrogen-bond donors (Lipinski definition) is 1. The Kier molecular flexibility index (Phi) is 3.98. The van der Waals surface area contributed by atoms with Crippen molar-refractivity contribution in [3.05, 3.63) is 46.3 Å². The lowest BCUT2D eigenvalue weighted by atomic mass is 10.1. The highest BCUT2D eigenvalue weighted by Gasteiger charge is 2.21. The van der Waals surface area contributed by atoms with Gasteiger partial charge in [-0.1, -0.05) is 29.2 Å². The van der Waals surface area contributed by atoms with Crippen molar-refractivity contribution in [2.75, 3.05) is 6.54 Å². The predicted octanol–water partition coefficient (Wildman–Crippen LogP) is 3.27. The van der Waals surface area contributed by atoms with Crippen LogP contribution in [0.1, 0.15) is 42.6 Å². The minimum atomic E-state index is -0.348. The highest BCUT2D eigenvalue weighted by atomic mass is 35.5. The van der Waals surface area contributed by atoms with Gasteiger partial charge < -0.3 is 9.84 Å². The van der Waals surface area contributed by atoms with Gasteiger partial charge in [-0.25, -0.2) is 4.39 Å². The van der Waals surface area contributed by atoms with E-state index >= 15 is 0 Å². The number of aromatic nitrogens is 2. The third-order valence-corrected chi connectivity index (χ3v) is 3.84. The molecule has 1 aromatic carbocycles. The SMILES string of the molecule is Fc1cccc(Cl)c1Cc1noc([C@H]2CCCCN2)n1. The Morgan fingerprint density at radius 1 is 1.40 bits per heavy atom. The van der Waals surface area contributed by atoms with Gasteiger partial charge in [0.2, 0.25) is 5.89 Å². The first-order chi connectivity index (χ1) is 9.74. The van der Waals surface area contributed by atoms with E-state index in [1.54, 1.807) is 12.1 Å². The summed E-state index contributed by atoms with van der Waals surface area (Å²) in [5, 5.41) is 7.64. The third kappa shape index (κ3) is 2.83. The van der Waals surface area contributed by atoms with Crippen molar-refractivity contribution in [2.24, 2.45) is 0 Å². The first kappa shape index (κ1) is 13.5. The van der Waals surface area contributed by atoms with Gasteiger partial charge in [0.05, 0.1) is 6.04 Å². The second-order valence-electron chi connectivity index (χ2n) is 4.93. The molecule has 0 amide bonds. The molecule has 1 aliphatic heterocycles. The summed E-state index contributed by atoms with van der Waals surface area (Å²) in [6, 6.07) is 4.73. The molecule has 106 valence electrons. The molecule has 0 bridgehead atoms. The molecule has 0 unspecified atom stereocenters. The molecular weight excluding hydrogens is 281 g/mol. The fraction of sp³-hybridized carbons (Fsp3) is 0.429. The molecule has 6 heteroatoms. The first-order valence-corrected chi connectivity index (χ1v) is 7.10. The maximum Gasteiger partial charge on any atom is 0.243 e. The molecule has 0 spiro atoms. The van der Waals surface area contributed by atoms with Crippen LogP contribution in [0.4, 0.5) is 4.39 Å². The van der Waals surface area contributed by atoms with E-state index in [9.17, 15) is 4.39 Å². The molecule has 0 saturated carbocycles. The number of benzene rings is 1. The fourth-order valence-corrected chi connectivity index (χ4v) is 2.63. The van der Waals surface area contributed by atoms with E-state index in [4.69, 9.17) is 16.1 Å². The quantitative estimate of drug-likeness (QED) is 0.944. The summed E-state index contributed by atoms with van der Waals surface area (Å²) in [4.78, 5) is 4.35. The van der Waals surface area contributed by atoms with Gasteiger partial charge >= 0.3 is 0 Å². The van der Waals surface area contributed by atoms with E-state index in [1.807, 2.05) is 0 Å². The molecule has 1 atom stereocenters. The minimum Gasteiger partial charge on any atom is -0.338 e. The Balaban J connectivity index is 1.77. The second-order valence-corrected chi connectivity index (χ2v) is 5.34. The van der Waals surface area contributed by atoms with Crippen LogP contribution in [0.2, 0.25) is 5.02 Å². The zero-order valence-corrected chi connectivity index (χ0v) is 11.7. The van der Waals surface area contributed by atoms with E-state index in [0.29, 0.717) is 22.3 Å². The number of nitrogens with zero attached hydrogens (tertiary/aromatic N) is 2. The Morgan fingerprint density at radius 2 is 2.30 bits per heavy atom. The van der Waals surface area contributed by atoms with Crippen molar-refractivity contribution in [1.29, 1.82) is 0 Å². The van der Waals surface area contributed by atoms with E-state index in [2.05, 4.69) is 15.5 Å². The van der Waals surface area contributed by atoms with Crippen LogP contribution >= 0.6 is 11.6 Å². The monoisotopic (exact) mass is 295 g/mol. The zero-order valence-electron chi connectivity index (χ0n) is 10.9. The van der Waals surface area contributed by atoms with Crippen LogP contribution in [-0.2, 0) is 6.42 Å². The third-order valence-electron chi connectivity index (χ3n) is 3.49. The Hall–Kier alpha value is -1.46. The summed E-state index contributed by atoms with van der Waals surface area (Å²) < 4.78 is 19.0. The second kappa shape index (κ2) is 5.89. The van der Waals surface area contributed by atoms with Crippen LogP contribution in [0.5, 0.6) is 0 Å². The average molecular weight is 296 g/mol. The largest absolute Gasteiger partial charge is 0.338 e. The standard InChI is InChI=1S/C14H15ClFN3O/c15-10-4-3-5-11(16)9(10)8-13-18-14(20-19-13)12-6-1-2-7-17-12/h3-5,12,17H,1-2,6-8H2/t12-/m1/s1. The normalized spacial score (nSPS) is 19.2. The smallest absolute Gasteiger partial charge is 0.243 e. The summed E-state index contributed by atoms with van der Waals surface area (Å²) in [6.45, 7) is 0.960. The summed E-state index contributed by atoms with van der Waals surface area (Å²) in [6.07, 6.45) is 3.54. The number of nitrogens with one attached hydrogen (secondary N) is 1. The molecule has 1 fully saturated rings.